The Balaban J connectivity index is 1.06. The third-order valence-corrected chi connectivity index (χ3v) is 8.20. The van der Waals surface area contributed by atoms with Crippen LogP contribution >= 0.6 is 0 Å². The third kappa shape index (κ3) is 5.61. The van der Waals surface area contributed by atoms with Crippen LogP contribution in [0.15, 0.2) is 54.7 Å². The number of rotatable bonds is 8. The first-order valence-corrected chi connectivity index (χ1v) is 14.3. The molecule has 2 aromatic carbocycles. The summed E-state index contributed by atoms with van der Waals surface area (Å²) >= 11 is 0. The normalized spacial score (nSPS) is 18.8. The lowest BCUT2D eigenvalue weighted by Crippen LogP contribution is -2.54. The number of piperazine rings is 1. The fourth-order valence-electron chi connectivity index (χ4n) is 5.83. The largest absolute Gasteiger partial charge is 0.380 e. The topological polar surface area (TPSA) is 158 Å². The van der Waals surface area contributed by atoms with Crippen molar-refractivity contribution in [1.82, 2.24) is 20.1 Å². The number of fused-ring (bicyclic) bond motifs is 1. The predicted octanol–water partition coefficient (Wildman–Crippen LogP) is 1.66. The fourth-order valence-corrected chi connectivity index (χ4v) is 5.83. The maximum Gasteiger partial charge on any atom is 0.267 e. The summed E-state index contributed by atoms with van der Waals surface area (Å²) in [6.07, 6.45) is 1.74. The van der Waals surface area contributed by atoms with E-state index >= 15 is 4.39 Å². The van der Waals surface area contributed by atoms with Crippen LogP contribution < -0.4 is 21.3 Å². The van der Waals surface area contributed by atoms with Gasteiger partial charge in [0.05, 0.1) is 23.0 Å². The van der Waals surface area contributed by atoms with E-state index in [1.165, 1.54) is 12.1 Å². The molecule has 0 radical (unpaired) electrons. The summed E-state index contributed by atoms with van der Waals surface area (Å²) in [5.74, 6) is -3.31. The molecule has 2 saturated heterocycles. The van der Waals surface area contributed by atoms with Gasteiger partial charge >= 0.3 is 0 Å². The molecular formula is C31H30FN7O5. The van der Waals surface area contributed by atoms with Gasteiger partial charge in [0.25, 0.3) is 17.7 Å². The number of nitrogens with zero attached hydrogens (tertiary/aromatic N) is 4. The van der Waals surface area contributed by atoms with Crippen LogP contribution in [0.2, 0.25) is 0 Å². The van der Waals surface area contributed by atoms with Crippen molar-refractivity contribution in [3.63, 3.8) is 0 Å². The Kier molecular flexibility index (Phi) is 7.78. The number of amides is 5. The summed E-state index contributed by atoms with van der Waals surface area (Å²) in [6.45, 7) is 3.70. The van der Waals surface area contributed by atoms with E-state index in [2.05, 4.69) is 25.4 Å². The number of benzene rings is 2. The molecule has 0 saturated carbocycles. The lowest BCUT2D eigenvalue weighted by molar-refractivity contribution is -0.136. The van der Waals surface area contributed by atoms with Crippen LogP contribution in [0, 0.1) is 5.82 Å². The number of imide groups is 2. The molecule has 4 N–H and O–H groups in total. The van der Waals surface area contributed by atoms with E-state index in [0.29, 0.717) is 17.8 Å². The van der Waals surface area contributed by atoms with Crippen molar-refractivity contribution in [3.8, 4) is 0 Å². The number of carbonyl (C=O) groups is 5. The second kappa shape index (κ2) is 11.8. The van der Waals surface area contributed by atoms with E-state index in [4.69, 9.17) is 5.73 Å². The fraction of sp³-hybridized carbons (Fsp3) is 0.290. The Morgan fingerprint density at radius 2 is 1.82 bits per heavy atom. The second-order valence-electron chi connectivity index (χ2n) is 11.0. The van der Waals surface area contributed by atoms with E-state index in [9.17, 15) is 24.0 Å². The van der Waals surface area contributed by atoms with E-state index in [1.807, 2.05) is 12.1 Å². The van der Waals surface area contributed by atoms with Gasteiger partial charge in [0, 0.05) is 56.9 Å². The van der Waals surface area contributed by atoms with Crippen LogP contribution in [0.4, 0.5) is 15.8 Å². The quantitative estimate of drug-likeness (QED) is 0.328. The van der Waals surface area contributed by atoms with Crippen molar-refractivity contribution >= 4 is 40.9 Å². The van der Waals surface area contributed by atoms with E-state index in [0.717, 1.165) is 42.3 Å². The van der Waals surface area contributed by atoms with Crippen LogP contribution in [0.25, 0.3) is 0 Å². The molecule has 3 aromatic rings. The van der Waals surface area contributed by atoms with Gasteiger partial charge in [-0.25, -0.2) is 9.37 Å². The molecule has 1 aromatic heterocycles. The van der Waals surface area contributed by atoms with E-state index in [-0.39, 0.29) is 36.2 Å². The number of nitrogens with two attached hydrogens (primary N) is 1. The molecule has 0 bridgehead atoms. The van der Waals surface area contributed by atoms with Gasteiger partial charge in [0.15, 0.2) is 0 Å². The summed E-state index contributed by atoms with van der Waals surface area (Å²) in [6, 6.07) is 12.2. The molecule has 5 amide bonds. The number of carbonyl (C=O) groups excluding carboxylic acids is 5. The smallest absolute Gasteiger partial charge is 0.267 e. The Bertz CT molecular complexity index is 1670. The SMILES string of the molecule is NC(=O)c1ccc(N2CCN(Cc3ccc(CNc4cccc5c4C(=O)N(C4CCC(=O)NC4=O)C5=O)c(F)c3)CC2)cn1. The molecule has 0 aliphatic carbocycles. The van der Waals surface area contributed by atoms with Gasteiger partial charge in [-0.3, -0.25) is 39.1 Å². The molecule has 3 aliphatic heterocycles. The van der Waals surface area contributed by atoms with E-state index in [1.54, 1.807) is 30.5 Å². The second-order valence-corrected chi connectivity index (χ2v) is 11.0. The van der Waals surface area contributed by atoms with Gasteiger partial charge in [-0.05, 0) is 42.3 Å². The Labute approximate surface area is 252 Å². The van der Waals surface area contributed by atoms with Crippen molar-refractivity contribution in [2.24, 2.45) is 5.73 Å². The molecule has 6 rings (SSSR count). The zero-order chi connectivity index (χ0) is 31.0. The van der Waals surface area contributed by atoms with Crippen LogP contribution in [0.3, 0.4) is 0 Å². The molecule has 4 heterocycles. The Hall–Kier alpha value is -5.17. The minimum absolute atomic E-state index is 0.0339. The van der Waals surface area contributed by atoms with Crippen LogP contribution in [0.1, 0.15) is 55.2 Å². The molecule has 226 valence electrons. The number of primary amides is 1. The number of hydrogen-bond acceptors (Lipinski definition) is 9. The molecule has 1 unspecified atom stereocenters. The van der Waals surface area contributed by atoms with Crippen LogP contribution in [0.5, 0.6) is 0 Å². The lowest BCUT2D eigenvalue weighted by Gasteiger charge is -2.36. The zero-order valence-corrected chi connectivity index (χ0v) is 23.7. The van der Waals surface area contributed by atoms with Gasteiger partial charge < -0.3 is 16.0 Å². The van der Waals surface area contributed by atoms with Crippen molar-refractivity contribution < 1.29 is 28.4 Å². The summed E-state index contributed by atoms with van der Waals surface area (Å²) in [5, 5.41) is 5.27. The highest BCUT2D eigenvalue weighted by Gasteiger charge is 2.45. The monoisotopic (exact) mass is 599 g/mol. The summed E-state index contributed by atoms with van der Waals surface area (Å²) in [4.78, 5) is 71.0. The third-order valence-electron chi connectivity index (χ3n) is 8.20. The van der Waals surface area contributed by atoms with Crippen molar-refractivity contribution in [2.75, 3.05) is 36.4 Å². The molecule has 1 atom stereocenters. The molecular weight excluding hydrogens is 569 g/mol. The Morgan fingerprint density at radius 3 is 2.50 bits per heavy atom. The maximum absolute atomic E-state index is 15.2. The Morgan fingerprint density at radius 1 is 1.02 bits per heavy atom. The first kappa shape index (κ1) is 28.9. The van der Waals surface area contributed by atoms with Crippen LogP contribution in [-0.4, -0.2) is 76.5 Å². The maximum atomic E-state index is 15.2. The van der Waals surface area contributed by atoms with Crippen molar-refractivity contribution in [1.29, 1.82) is 0 Å². The number of anilines is 2. The van der Waals surface area contributed by atoms with Gasteiger partial charge in [-0.2, -0.15) is 0 Å². The van der Waals surface area contributed by atoms with Crippen molar-refractivity contribution in [2.45, 2.75) is 32.0 Å². The van der Waals surface area contributed by atoms with Gasteiger partial charge in [-0.1, -0.05) is 18.2 Å². The first-order valence-electron chi connectivity index (χ1n) is 14.3. The molecule has 44 heavy (non-hydrogen) atoms. The molecule has 0 spiro atoms. The van der Waals surface area contributed by atoms with E-state index < -0.39 is 41.4 Å². The number of aromatic nitrogens is 1. The highest BCUT2D eigenvalue weighted by molar-refractivity contribution is 6.25. The number of halogens is 1. The summed E-state index contributed by atoms with van der Waals surface area (Å²) in [7, 11) is 0. The molecule has 12 nitrogen and oxygen atoms in total. The zero-order valence-electron chi connectivity index (χ0n) is 23.7. The number of piperidine rings is 1. The van der Waals surface area contributed by atoms with Gasteiger partial charge in [-0.15, -0.1) is 0 Å². The number of hydrogen-bond donors (Lipinski definition) is 3. The van der Waals surface area contributed by atoms with Crippen LogP contribution in [-0.2, 0) is 22.7 Å². The molecule has 2 fully saturated rings. The lowest BCUT2D eigenvalue weighted by atomic mass is 10.0. The number of nitrogens with one attached hydrogen (secondary N) is 2. The summed E-state index contributed by atoms with van der Waals surface area (Å²) in [5.41, 5.74) is 8.25. The average molecular weight is 600 g/mol. The highest BCUT2D eigenvalue weighted by Crippen LogP contribution is 2.32. The number of pyridine rings is 1. The average Bonchev–Trinajstić information content (AvgIpc) is 3.27. The minimum Gasteiger partial charge on any atom is -0.380 e. The summed E-state index contributed by atoms with van der Waals surface area (Å²) < 4.78 is 15.2. The highest BCUT2D eigenvalue weighted by atomic mass is 19.1. The first-order chi connectivity index (χ1) is 21.2. The minimum atomic E-state index is -1.06. The van der Waals surface area contributed by atoms with Gasteiger partial charge in [0.2, 0.25) is 11.8 Å². The van der Waals surface area contributed by atoms with Crippen molar-refractivity contribution in [3.05, 3.63) is 88.5 Å². The van der Waals surface area contributed by atoms with Gasteiger partial charge in [0.1, 0.15) is 17.6 Å². The molecule has 13 heteroatoms. The standard InChI is InChI=1S/C31H30FN7O5/c32-22-14-18(17-37-10-12-38(13-11-37)20-6-7-24(28(33)41)35-16-20)4-5-19(22)15-34-23-3-1-2-21-27(23)31(44)39(30(21)43)25-8-9-26(40)36-29(25)42/h1-7,14,16,25,34H,8-13,15,17H2,(H2,33,41)(H,36,40,42). The predicted molar refractivity (Wildman–Crippen MR) is 157 cm³/mol. The molecule has 3 aliphatic rings.